The molecule has 2 heterocycles. The summed E-state index contributed by atoms with van der Waals surface area (Å²) in [4.78, 5) is 11.9. The van der Waals surface area contributed by atoms with Crippen LogP contribution < -0.4 is 0 Å². The van der Waals surface area contributed by atoms with Crippen molar-refractivity contribution in [1.29, 1.82) is 0 Å². The number of aromatic amines is 2. The van der Waals surface area contributed by atoms with Crippen LogP contribution in [0.25, 0.3) is 22.4 Å². The smallest absolute Gasteiger partial charge is 0.181 e. The zero-order valence-electron chi connectivity index (χ0n) is 11.2. The quantitative estimate of drug-likeness (QED) is 0.604. The Kier molecular flexibility index (Phi) is 2.74. The van der Waals surface area contributed by atoms with Crippen LogP contribution in [0.4, 0.5) is 0 Å². The summed E-state index contributed by atoms with van der Waals surface area (Å²) in [5.41, 5.74) is 4.12. The van der Waals surface area contributed by atoms with E-state index in [-0.39, 0.29) is 0 Å². The van der Waals surface area contributed by atoms with Crippen molar-refractivity contribution in [3.05, 3.63) is 66.2 Å². The maximum atomic E-state index is 4.57. The Hall–Kier alpha value is -2.95. The molecule has 102 valence electrons. The van der Waals surface area contributed by atoms with Gasteiger partial charge in [0.15, 0.2) is 5.82 Å². The first-order valence-electron chi connectivity index (χ1n) is 6.77. The molecule has 21 heavy (non-hydrogen) atoms. The lowest BCUT2D eigenvalue weighted by Crippen LogP contribution is -1.90. The number of imidazole rings is 1. The van der Waals surface area contributed by atoms with Gasteiger partial charge in [-0.25, -0.2) is 9.97 Å². The van der Waals surface area contributed by atoms with Crippen LogP contribution in [0.5, 0.6) is 0 Å². The Bertz CT molecular complexity index is 876. The molecule has 0 saturated heterocycles. The van der Waals surface area contributed by atoms with Crippen molar-refractivity contribution in [3.8, 4) is 11.4 Å². The molecule has 2 aromatic carbocycles. The van der Waals surface area contributed by atoms with Gasteiger partial charge < -0.3 is 4.98 Å². The summed E-state index contributed by atoms with van der Waals surface area (Å²) < 4.78 is 0. The molecule has 0 aliphatic rings. The minimum Gasteiger partial charge on any atom is -0.345 e. The minimum absolute atomic E-state index is 0.706. The number of nitrogens with one attached hydrogen (secondary N) is 2. The maximum Gasteiger partial charge on any atom is 0.181 e. The Morgan fingerprint density at radius 2 is 1.90 bits per heavy atom. The van der Waals surface area contributed by atoms with Gasteiger partial charge in [0.05, 0.1) is 17.4 Å². The molecule has 0 radical (unpaired) electrons. The normalized spacial score (nSPS) is 11.0. The standard InChI is InChI=1S/C16H13N5/c1-2-4-11(5-3-1)8-15-19-16(21-20-15)12-6-7-13-14(9-12)18-10-17-13/h1-7,9-10H,8H2,(H,17,18)(H,19,20,21). The molecular weight excluding hydrogens is 262 g/mol. The molecular formula is C16H13N5. The summed E-state index contributed by atoms with van der Waals surface area (Å²) >= 11 is 0. The predicted molar refractivity (Wildman–Crippen MR) is 80.7 cm³/mol. The average Bonchev–Trinajstić information content (AvgIpc) is 3.16. The molecule has 5 heteroatoms. The summed E-state index contributed by atoms with van der Waals surface area (Å²) in [5.74, 6) is 1.57. The Balaban J connectivity index is 1.64. The fraction of sp³-hybridized carbons (Fsp3) is 0.0625. The van der Waals surface area contributed by atoms with E-state index >= 15 is 0 Å². The van der Waals surface area contributed by atoms with Crippen molar-refractivity contribution in [2.75, 3.05) is 0 Å². The van der Waals surface area contributed by atoms with E-state index in [2.05, 4.69) is 37.3 Å². The van der Waals surface area contributed by atoms with Gasteiger partial charge in [0.25, 0.3) is 0 Å². The molecule has 0 bridgehead atoms. The van der Waals surface area contributed by atoms with Gasteiger partial charge in [-0.15, -0.1) is 0 Å². The molecule has 0 amide bonds. The van der Waals surface area contributed by atoms with Crippen LogP contribution in [-0.2, 0) is 6.42 Å². The van der Waals surface area contributed by atoms with Crippen LogP contribution in [0.2, 0.25) is 0 Å². The highest BCUT2D eigenvalue weighted by Gasteiger charge is 2.08. The van der Waals surface area contributed by atoms with Gasteiger partial charge in [0, 0.05) is 12.0 Å². The van der Waals surface area contributed by atoms with Crippen LogP contribution >= 0.6 is 0 Å². The van der Waals surface area contributed by atoms with Gasteiger partial charge >= 0.3 is 0 Å². The minimum atomic E-state index is 0.706. The lowest BCUT2D eigenvalue weighted by molar-refractivity contribution is 0.973. The molecule has 0 unspecified atom stereocenters. The van der Waals surface area contributed by atoms with Crippen molar-refractivity contribution in [1.82, 2.24) is 25.1 Å². The zero-order chi connectivity index (χ0) is 14.1. The molecule has 0 aliphatic carbocycles. The summed E-state index contributed by atoms with van der Waals surface area (Å²) in [6.07, 6.45) is 2.44. The van der Waals surface area contributed by atoms with Gasteiger partial charge in [-0.05, 0) is 23.8 Å². The average molecular weight is 275 g/mol. The van der Waals surface area contributed by atoms with Crippen molar-refractivity contribution in [2.24, 2.45) is 0 Å². The van der Waals surface area contributed by atoms with Crippen molar-refractivity contribution in [3.63, 3.8) is 0 Å². The third-order valence-corrected chi connectivity index (χ3v) is 3.42. The van der Waals surface area contributed by atoms with Gasteiger partial charge in [-0.1, -0.05) is 30.3 Å². The molecule has 4 rings (SSSR count). The van der Waals surface area contributed by atoms with E-state index in [1.807, 2.05) is 36.4 Å². The number of nitrogens with zero attached hydrogens (tertiary/aromatic N) is 3. The number of benzene rings is 2. The lowest BCUT2D eigenvalue weighted by Gasteiger charge is -1.96. The van der Waals surface area contributed by atoms with Crippen molar-refractivity contribution in [2.45, 2.75) is 6.42 Å². The SMILES string of the molecule is c1ccc(Cc2nc(-c3ccc4nc[nH]c4c3)n[nH]2)cc1. The lowest BCUT2D eigenvalue weighted by atomic mass is 10.1. The predicted octanol–water partition coefficient (Wildman–Crippen LogP) is 2.94. The second kappa shape index (κ2) is 4.86. The third-order valence-electron chi connectivity index (χ3n) is 3.42. The van der Waals surface area contributed by atoms with Crippen LogP contribution in [0, 0.1) is 0 Å². The highest BCUT2D eigenvalue weighted by atomic mass is 15.2. The molecule has 0 saturated carbocycles. The summed E-state index contributed by atoms with van der Waals surface area (Å²) in [5, 5.41) is 7.31. The second-order valence-corrected chi connectivity index (χ2v) is 4.90. The molecule has 0 atom stereocenters. The summed E-state index contributed by atoms with van der Waals surface area (Å²) in [7, 11) is 0. The molecule has 2 aromatic heterocycles. The van der Waals surface area contributed by atoms with Crippen LogP contribution in [0.3, 0.4) is 0 Å². The van der Waals surface area contributed by atoms with Gasteiger partial charge in [-0.3, -0.25) is 5.10 Å². The van der Waals surface area contributed by atoms with Crippen LogP contribution in [0.1, 0.15) is 11.4 Å². The topological polar surface area (TPSA) is 70.2 Å². The molecule has 4 aromatic rings. The maximum absolute atomic E-state index is 4.57. The Morgan fingerprint density at radius 3 is 2.81 bits per heavy atom. The first-order valence-corrected chi connectivity index (χ1v) is 6.77. The summed E-state index contributed by atoms with van der Waals surface area (Å²) in [6, 6.07) is 16.2. The molecule has 0 spiro atoms. The first kappa shape index (κ1) is 11.8. The van der Waals surface area contributed by atoms with E-state index in [1.165, 1.54) is 5.56 Å². The highest BCUT2D eigenvalue weighted by Crippen LogP contribution is 2.20. The fourth-order valence-corrected chi connectivity index (χ4v) is 2.37. The number of aromatic nitrogens is 5. The number of hydrogen-bond acceptors (Lipinski definition) is 3. The zero-order valence-corrected chi connectivity index (χ0v) is 11.2. The van der Waals surface area contributed by atoms with E-state index in [0.29, 0.717) is 5.82 Å². The van der Waals surface area contributed by atoms with E-state index in [0.717, 1.165) is 28.8 Å². The Morgan fingerprint density at radius 1 is 1.00 bits per heavy atom. The van der Waals surface area contributed by atoms with Crippen LogP contribution in [0.15, 0.2) is 54.9 Å². The molecule has 0 aliphatic heterocycles. The largest absolute Gasteiger partial charge is 0.345 e. The third kappa shape index (κ3) is 2.29. The number of hydrogen-bond donors (Lipinski definition) is 2. The first-order chi connectivity index (χ1) is 10.4. The second-order valence-electron chi connectivity index (χ2n) is 4.90. The van der Waals surface area contributed by atoms with Crippen molar-refractivity contribution < 1.29 is 0 Å². The van der Waals surface area contributed by atoms with E-state index < -0.39 is 0 Å². The van der Waals surface area contributed by atoms with E-state index in [4.69, 9.17) is 0 Å². The fourth-order valence-electron chi connectivity index (χ4n) is 2.37. The highest BCUT2D eigenvalue weighted by molar-refractivity contribution is 5.79. The van der Waals surface area contributed by atoms with Gasteiger partial charge in [0.2, 0.25) is 0 Å². The van der Waals surface area contributed by atoms with Crippen LogP contribution in [-0.4, -0.2) is 25.1 Å². The van der Waals surface area contributed by atoms with Gasteiger partial charge in [-0.2, -0.15) is 5.10 Å². The monoisotopic (exact) mass is 275 g/mol. The molecule has 2 N–H and O–H groups in total. The molecule has 0 fully saturated rings. The van der Waals surface area contributed by atoms with Crippen molar-refractivity contribution >= 4 is 11.0 Å². The van der Waals surface area contributed by atoms with Gasteiger partial charge in [0.1, 0.15) is 5.82 Å². The van der Waals surface area contributed by atoms with E-state index in [1.54, 1.807) is 6.33 Å². The molecule has 5 nitrogen and oxygen atoms in total. The Labute approximate surface area is 121 Å². The van der Waals surface area contributed by atoms with E-state index in [9.17, 15) is 0 Å². The number of H-pyrrole nitrogens is 2. The number of fused-ring (bicyclic) bond motifs is 1. The summed E-state index contributed by atoms with van der Waals surface area (Å²) in [6.45, 7) is 0. The number of rotatable bonds is 3.